The van der Waals surface area contributed by atoms with E-state index in [0.717, 1.165) is 31.1 Å². The van der Waals surface area contributed by atoms with Gasteiger partial charge in [-0.1, -0.05) is 19.9 Å². The highest BCUT2D eigenvalue weighted by Crippen LogP contribution is 2.67. The first kappa shape index (κ1) is 23.3. The van der Waals surface area contributed by atoms with Gasteiger partial charge in [-0.2, -0.15) is 0 Å². The predicted octanol–water partition coefficient (Wildman–Crippen LogP) is 2.63. The molecule has 1 heterocycles. The maximum atomic E-state index is 10.9. The molecule has 6 nitrogen and oxygen atoms in total. The van der Waals surface area contributed by atoms with Crippen LogP contribution in [0.1, 0.15) is 65.2 Å². The Morgan fingerprint density at radius 2 is 1.50 bits per heavy atom. The lowest BCUT2D eigenvalue weighted by molar-refractivity contribution is -0.310. The van der Waals surface area contributed by atoms with Gasteiger partial charge in [-0.25, -0.2) is 0 Å². The molecule has 0 radical (unpaired) electrons. The summed E-state index contributed by atoms with van der Waals surface area (Å²) in [5.41, 5.74) is 0.478. The van der Waals surface area contributed by atoms with Crippen LogP contribution < -0.4 is 0 Å². The summed E-state index contributed by atoms with van der Waals surface area (Å²) in [5, 5.41) is 41.2. The molecule has 6 heteroatoms. The molecule has 0 aromatic rings. The third kappa shape index (κ3) is 3.36. The number of hydrogen-bond donors (Lipinski definition) is 4. The normalized spacial score (nSPS) is 57.9. The van der Waals surface area contributed by atoms with Crippen molar-refractivity contribution >= 4 is 0 Å². The van der Waals surface area contributed by atoms with Crippen molar-refractivity contribution < 1.29 is 29.9 Å². The van der Waals surface area contributed by atoms with Crippen molar-refractivity contribution in [1.29, 1.82) is 0 Å². The molecule has 1 aliphatic heterocycles. The van der Waals surface area contributed by atoms with Gasteiger partial charge in [-0.3, -0.25) is 0 Å². The van der Waals surface area contributed by atoms with Crippen LogP contribution >= 0.6 is 0 Å². The minimum Gasteiger partial charge on any atom is -0.390 e. The quantitative estimate of drug-likeness (QED) is 0.494. The zero-order valence-corrected chi connectivity index (χ0v) is 19.6. The zero-order valence-electron chi connectivity index (χ0n) is 19.6. The topological polar surface area (TPSA) is 99.4 Å². The first-order valence-electron chi connectivity index (χ1n) is 12.8. The highest BCUT2D eigenvalue weighted by molar-refractivity contribution is 5.12. The Labute approximate surface area is 192 Å². The van der Waals surface area contributed by atoms with Crippen LogP contribution in [0.4, 0.5) is 0 Å². The van der Waals surface area contributed by atoms with Crippen molar-refractivity contribution in [3.8, 4) is 0 Å². The molecule has 182 valence electrons. The van der Waals surface area contributed by atoms with E-state index >= 15 is 0 Å². The van der Waals surface area contributed by atoms with Crippen LogP contribution in [0.5, 0.6) is 0 Å². The van der Waals surface area contributed by atoms with E-state index < -0.39 is 36.8 Å². The third-order valence-corrected chi connectivity index (χ3v) is 10.8. The fourth-order valence-corrected chi connectivity index (χ4v) is 8.95. The van der Waals surface area contributed by atoms with Gasteiger partial charge in [-0.15, -0.1) is 6.58 Å². The highest BCUT2D eigenvalue weighted by atomic mass is 16.7. The van der Waals surface area contributed by atoms with Gasteiger partial charge < -0.3 is 29.9 Å². The number of rotatable bonds is 3. The molecule has 32 heavy (non-hydrogen) atoms. The molecule has 0 unspecified atom stereocenters. The minimum atomic E-state index is -1.32. The fraction of sp³-hybridized carbons (Fsp3) is 0.923. The number of hydrogen-bond acceptors (Lipinski definition) is 6. The Hall–Kier alpha value is -0.500. The average molecular weight is 451 g/mol. The number of aliphatic hydroxyl groups excluding tert-OH is 4. The molecule has 4 aliphatic carbocycles. The van der Waals surface area contributed by atoms with E-state index in [2.05, 4.69) is 26.5 Å². The van der Waals surface area contributed by atoms with Crippen LogP contribution in [-0.2, 0) is 9.47 Å². The summed E-state index contributed by atoms with van der Waals surface area (Å²) < 4.78 is 11.8. The maximum absolute atomic E-state index is 10.9. The molecule has 1 saturated heterocycles. The van der Waals surface area contributed by atoms with Crippen molar-refractivity contribution in [3.63, 3.8) is 0 Å². The van der Waals surface area contributed by atoms with E-state index in [4.69, 9.17) is 9.47 Å². The summed E-state index contributed by atoms with van der Waals surface area (Å²) in [6.07, 6.45) is 5.34. The van der Waals surface area contributed by atoms with Crippen LogP contribution in [0.25, 0.3) is 0 Å². The largest absolute Gasteiger partial charge is 0.390 e. The first-order valence-corrected chi connectivity index (χ1v) is 12.8. The summed E-state index contributed by atoms with van der Waals surface area (Å²) in [6, 6.07) is 0. The molecule has 0 bridgehead atoms. The smallest absolute Gasteiger partial charge is 0.186 e. The monoisotopic (exact) mass is 450 g/mol. The lowest BCUT2D eigenvalue weighted by atomic mass is 9.44. The van der Waals surface area contributed by atoms with Crippen molar-refractivity contribution in [2.24, 2.45) is 40.4 Å². The summed E-state index contributed by atoms with van der Waals surface area (Å²) in [4.78, 5) is 0. The Morgan fingerprint density at radius 1 is 0.812 bits per heavy atom. The van der Waals surface area contributed by atoms with Crippen LogP contribution in [-0.4, -0.2) is 63.8 Å². The summed E-state index contributed by atoms with van der Waals surface area (Å²) in [7, 11) is 0. The zero-order chi connectivity index (χ0) is 22.8. The van der Waals surface area contributed by atoms with Crippen molar-refractivity contribution in [3.05, 3.63) is 12.7 Å². The highest BCUT2D eigenvalue weighted by Gasteiger charge is 2.62. The fourth-order valence-electron chi connectivity index (χ4n) is 8.95. The second kappa shape index (κ2) is 8.31. The average Bonchev–Trinajstić information content (AvgIpc) is 3.12. The molecule has 0 amide bonds. The van der Waals surface area contributed by atoms with Gasteiger partial charge in [-0.05, 0) is 91.8 Å². The Kier molecular flexibility index (Phi) is 6.04. The predicted molar refractivity (Wildman–Crippen MR) is 119 cm³/mol. The van der Waals surface area contributed by atoms with Gasteiger partial charge >= 0.3 is 0 Å². The molecule has 0 spiro atoms. The van der Waals surface area contributed by atoms with Gasteiger partial charge in [0.25, 0.3) is 0 Å². The molecule has 5 rings (SSSR count). The second-order valence-corrected chi connectivity index (χ2v) is 12.0. The van der Waals surface area contributed by atoms with Gasteiger partial charge in [0.1, 0.15) is 18.3 Å². The molecular formula is C26H42O6. The molecule has 0 aromatic carbocycles. The molecule has 5 fully saturated rings. The van der Waals surface area contributed by atoms with Crippen LogP contribution in [0, 0.1) is 40.4 Å². The molecule has 5 aliphatic rings. The van der Waals surface area contributed by atoms with Crippen LogP contribution in [0.2, 0.25) is 0 Å². The van der Waals surface area contributed by atoms with Crippen molar-refractivity contribution in [2.75, 3.05) is 6.61 Å². The summed E-state index contributed by atoms with van der Waals surface area (Å²) >= 11 is 0. The number of ether oxygens (including phenoxy) is 2. The Bertz CT molecular complexity index is 714. The molecule has 4 N–H and O–H groups in total. The second-order valence-electron chi connectivity index (χ2n) is 12.0. The Morgan fingerprint density at radius 3 is 2.25 bits per heavy atom. The van der Waals surface area contributed by atoms with E-state index in [-0.39, 0.29) is 17.9 Å². The van der Waals surface area contributed by atoms with Crippen molar-refractivity contribution in [2.45, 2.75) is 102 Å². The van der Waals surface area contributed by atoms with Crippen LogP contribution in [0.3, 0.4) is 0 Å². The summed E-state index contributed by atoms with van der Waals surface area (Å²) in [6.45, 7) is 8.97. The third-order valence-electron chi connectivity index (χ3n) is 10.8. The molecular weight excluding hydrogens is 408 g/mol. The van der Waals surface area contributed by atoms with Gasteiger partial charge in [0.15, 0.2) is 6.29 Å². The Balaban J connectivity index is 1.36. The summed E-state index contributed by atoms with van der Waals surface area (Å²) in [5.74, 6) is 2.95. The minimum absolute atomic E-state index is 0.0803. The lowest BCUT2D eigenvalue weighted by Crippen LogP contribution is -2.61. The van der Waals surface area contributed by atoms with E-state index in [9.17, 15) is 20.4 Å². The standard InChI is InChI=1S/C26H42O6/c1-4-14-5-7-16-15-6-8-18-23(32-24-22(30)21(29)20(28)13-31-24)19(27)10-12-26(18,3)17(15)9-11-25(14,16)2/h4,14-24,27-30H,1,5-13H2,2-3H3/t14-,15+,16+,17-,18-,19-,20-,21-,22-,23-,24+,25+,26+/m0/s1. The SMILES string of the molecule is C=C[C@H]1CC[C@@H]2[C@H]3CC[C@H]4[C@H](O[C@H]5OC[C@H](O)[C@H](O)[C@@H]5O)[C@@H](O)CC[C@]4(C)[C@H]3CC[C@@]21C. The van der Waals surface area contributed by atoms with Gasteiger partial charge in [0.05, 0.1) is 18.8 Å². The van der Waals surface area contributed by atoms with Crippen molar-refractivity contribution in [1.82, 2.24) is 0 Å². The first-order chi connectivity index (χ1) is 15.2. The molecule has 4 saturated carbocycles. The van der Waals surface area contributed by atoms with Gasteiger partial charge in [0.2, 0.25) is 0 Å². The van der Waals surface area contributed by atoms with Crippen LogP contribution in [0.15, 0.2) is 12.7 Å². The number of fused-ring (bicyclic) bond motifs is 5. The van der Waals surface area contributed by atoms with E-state index in [1.165, 1.54) is 25.7 Å². The maximum Gasteiger partial charge on any atom is 0.186 e. The number of aliphatic hydroxyl groups is 4. The van der Waals surface area contributed by atoms with Gasteiger partial charge in [0, 0.05) is 0 Å². The van der Waals surface area contributed by atoms with E-state index in [1.807, 2.05) is 0 Å². The van der Waals surface area contributed by atoms with E-state index in [0.29, 0.717) is 23.7 Å². The number of allylic oxidation sites excluding steroid dienone is 1. The lowest BCUT2D eigenvalue weighted by Gasteiger charge is -2.62. The molecule has 0 aromatic heterocycles. The van der Waals surface area contributed by atoms with E-state index in [1.54, 1.807) is 0 Å². The molecule has 13 atom stereocenters.